The van der Waals surface area contributed by atoms with Crippen LogP contribution >= 0.6 is 0 Å². The Hall–Kier alpha value is -1.95. The minimum Gasteiger partial charge on any atom is -0.497 e. The van der Waals surface area contributed by atoms with Crippen molar-refractivity contribution in [2.75, 3.05) is 40.4 Å². The van der Waals surface area contributed by atoms with Gasteiger partial charge in [-0.3, -0.25) is 9.89 Å². The first kappa shape index (κ1) is 19.8. The molecule has 150 valence electrons. The molecule has 6 nitrogen and oxygen atoms in total. The smallest absolute Gasteiger partial charge is 0.191 e. The second kappa shape index (κ2) is 10.4. The SMILES string of the molecule is CN=C(NCCCOc1cccc(OC)c1)NC1CCN(C2CCCC2)C1. The molecule has 0 spiro atoms. The summed E-state index contributed by atoms with van der Waals surface area (Å²) >= 11 is 0. The third-order valence-corrected chi connectivity index (χ3v) is 5.55. The Kier molecular flexibility index (Phi) is 7.63. The highest BCUT2D eigenvalue weighted by Crippen LogP contribution is 2.26. The van der Waals surface area contributed by atoms with Crippen LogP contribution in [0.4, 0.5) is 0 Å². The number of hydrogen-bond acceptors (Lipinski definition) is 4. The molecule has 1 saturated heterocycles. The molecule has 6 heteroatoms. The highest BCUT2D eigenvalue weighted by Gasteiger charge is 2.30. The summed E-state index contributed by atoms with van der Waals surface area (Å²) in [5.74, 6) is 2.56. The second-order valence-corrected chi connectivity index (χ2v) is 7.44. The van der Waals surface area contributed by atoms with Crippen molar-refractivity contribution in [3.63, 3.8) is 0 Å². The number of nitrogens with one attached hydrogen (secondary N) is 2. The number of rotatable bonds is 8. The van der Waals surface area contributed by atoms with Crippen molar-refractivity contribution in [1.29, 1.82) is 0 Å². The minimum absolute atomic E-state index is 0.504. The van der Waals surface area contributed by atoms with Gasteiger partial charge in [0, 0.05) is 44.8 Å². The van der Waals surface area contributed by atoms with E-state index in [1.807, 2.05) is 31.3 Å². The fraction of sp³-hybridized carbons (Fsp3) is 0.667. The third-order valence-electron chi connectivity index (χ3n) is 5.55. The lowest BCUT2D eigenvalue weighted by molar-refractivity contribution is 0.242. The monoisotopic (exact) mass is 374 g/mol. The average Bonchev–Trinajstić information content (AvgIpc) is 3.38. The van der Waals surface area contributed by atoms with Gasteiger partial charge in [-0.25, -0.2) is 0 Å². The molecule has 27 heavy (non-hydrogen) atoms. The van der Waals surface area contributed by atoms with Crippen molar-refractivity contribution in [2.45, 2.75) is 50.6 Å². The van der Waals surface area contributed by atoms with Crippen LogP contribution in [0, 0.1) is 0 Å². The van der Waals surface area contributed by atoms with Gasteiger partial charge in [-0.2, -0.15) is 0 Å². The fourth-order valence-corrected chi connectivity index (χ4v) is 4.05. The Labute approximate surface area is 163 Å². The number of nitrogens with zero attached hydrogens (tertiary/aromatic N) is 2. The van der Waals surface area contributed by atoms with Crippen LogP contribution in [0.15, 0.2) is 29.3 Å². The lowest BCUT2D eigenvalue weighted by Gasteiger charge is -2.24. The van der Waals surface area contributed by atoms with Crippen LogP contribution in [0.3, 0.4) is 0 Å². The Morgan fingerprint density at radius 2 is 2.04 bits per heavy atom. The molecule has 1 saturated carbocycles. The van der Waals surface area contributed by atoms with E-state index in [4.69, 9.17) is 9.47 Å². The maximum absolute atomic E-state index is 5.78. The summed E-state index contributed by atoms with van der Waals surface area (Å²) in [5, 5.41) is 6.99. The normalized spacial score (nSPS) is 21.4. The molecule has 0 radical (unpaired) electrons. The quantitative estimate of drug-likeness (QED) is 0.416. The lowest BCUT2D eigenvalue weighted by atomic mass is 10.2. The summed E-state index contributed by atoms with van der Waals surface area (Å²) in [6, 6.07) is 9.04. The first-order valence-electron chi connectivity index (χ1n) is 10.3. The molecule has 1 atom stereocenters. The molecule has 1 aromatic rings. The summed E-state index contributed by atoms with van der Waals surface area (Å²) in [6.45, 7) is 3.86. The van der Waals surface area contributed by atoms with Gasteiger partial charge in [-0.1, -0.05) is 18.9 Å². The van der Waals surface area contributed by atoms with E-state index in [-0.39, 0.29) is 0 Å². The minimum atomic E-state index is 0.504. The standard InChI is InChI=1S/C21H34N4O2/c1-22-21(24-17-11-13-25(16-17)18-7-3-4-8-18)23-12-6-14-27-20-10-5-9-19(15-20)26-2/h5,9-10,15,17-18H,3-4,6-8,11-14,16H2,1-2H3,(H2,22,23,24). The number of guanidine groups is 1. The zero-order valence-corrected chi connectivity index (χ0v) is 16.7. The van der Waals surface area contributed by atoms with Gasteiger partial charge < -0.3 is 20.1 Å². The van der Waals surface area contributed by atoms with E-state index in [0.29, 0.717) is 12.6 Å². The molecular weight excluding hydrogens is 340 g/mol. The van der Waals surface area contributed by atoms with Crippen LogP contribution in [-0.4, -0.2) is 63.3 Å². The van der Waals surface area contributed by atoms with E-state index >= 15 is 0 Å². The summed E-state index contributed by atoms with van der Waals surface area (Å²) < 4.78 is 11.0. The number of aliphatic imine (C=N–C) groups is 1. The van der Waals surface area contributed by atoms with E-state index in [0.717, 1.165) is 43.0 Å². The van der Waals surface area contributed by atoms with Crippen molar-refractivity contribution in [3.05, 3.63) is 24.3 Å². The summed E-state index contributed by atoms with van der Waals surface area (Å²) in [5.41, 5.74) is 0. The van der Waals surface area contributed by atoms with Crippen molar-refractivity contribution in [1.82, 2.24) is 15.5 Å². The average molecular weight is 375 g/mol. The van der Waals surface area contributed by atoms with Gasteiger partial charge in [-0.05, 0) is 37.8 Å². The maximum atomic E-state index is 5.78. The highest BCUT2D eigenvalue weighted by molar-refractivity contribution is 5.80. The Morgan fingerprint density at radius 3 is 2.81 bits per heavy atom. The topological polar surface area (TPSA) is 58.1 Å². The number of likely N-dealkylation sites (tertiary alicyclic amines) is 1. The van der Waals surface area contributed by atoms with Crippen molar-refractivity contribution in [3.8, 4) is 11.5 Å². The van der Waals surface area contributed by atoms with Crippen LogP contribution in [0.25, 0.3) is 0 Å². The van der Waals surface area contributed by atoms with Crippen LogP contribution in [0.1, 0.15) is 38.5 Å². The predicted molar refractivity (Wildman–Crippen MR) is 110 cm³/mol. The fourth-order valence-electron chi connectivity index (χ4n) is 4.05. The Balaban J connectivity index is 1.31. The molecule has 1 aliphatic heterocycles. The van der Waals surface area contributed by atoms with Crippen LogP contribution in [0.2, 0.25) is 0 Å². The molecule has 2 fully saturated rings. The van der Waals surface area contributed by atoms with E-state index in [1.54, 1.807) is 7.11 Å². The third kappa shape index (κ3) is 6.03. The molecule has 0 amide bonds. The first-order valence-corrected chi connectivity index (χ1v) is 10.3. The molecule has 3 rings (SSSR count). The molecule has 1 aliphatic carbocycles. The van der Waals surface area contributed by atoms with Gasteiger partial charge in [-0.15, -0.1) is 0 Å². The van der Waals surface area contributed by atoms with Crippen LogP contribution < -0.4 is 20.1 Å². The van der Waals surface area contributed by atoms with Crippen molar-refractivity contribution in [2.24, 2.45) is 4.99 Å². The van der Waals surface area contributed by atoms with Crippen LogP contribution in [-0.2, 0) is 0 Å². The number of methoxy groups -OCH3 is 1. The van der Waals surface area contributed by atoms with Gasteiger partial charge in [0.1, 0.15) is 11.5 Å². The second-order valence-electron chi connectivity index (χ2n) is 7.44. The van der Waals surface area contributed by atoms with Crippen LogP contribution in [0.5, 0.6) is 11.5 Å². The highest BCUT2D eigenvalue weighted by atomic mass is 16.5. The number of benzene rings is 1. The molecule has 1 heterocycles. The Bertz CT molecular complexity index is 602. The van der Waals surface area contributed by atoms with Gasteiger partial charge in [0.15, 0.2) is 5.96 Å². The molecule has 0 aromatic heterocycles. The molecule has 2 N–H and O–H groups in total. The van der Waals surface area contributed by atoms with Crippen molar-refractivity contribution < 1.29 is 9.47 Å². The van der Waals surface area contributed by atoms with E-state index < -0.39 is 0 Å². The van der Waals surface area contributed by atoms with E-state index in [9.17, 15) is 0 Å². The maximum Gasteiger partial charge on any atom is 0.191 e. The predicted octanol–water partition coefficient (Wildman–Crippen LogP) is 2.65. The summed E-state index contributed by atoms with van der Waals surface area (Å²) in [6.07, 6.45) is 7.69. The molecule has 1 unspecified atom stereocenters. The van der Waals surface area contributed by atoms with Gasteiger partial charge in [0.05, 0.1) is 13.7 Å². The first-order chi connectivity index (χ1) is 13.3. The number of hydrogen-bond donors (Lipinski definition) is 2. The van der Waals surface area contributed by atoms with Crippen molar-refractivity contribution >= 4 is 5.96 Å². The molecule has 2 aliphatic rings. The lowest BCUT2D eigenvalue weighted by Crippen LogP contribution is -2.45. The zero-order valence-electron chi connectivity index (χ0n) is 16.7. The molecule has 1 aromatic carbocycles. The van der Waals surface area contributed by atoms with Gasteiger partial charge in [0.2, 0.25) is 0 Å². The largest absolute Gasteiger partial charge is 0.497 e. The van der Waals surface area contributed by atoms with Gasteiger partial charge >= 0.3 is 0 Å². The van der Waals surface area contributed by atoms with Gasteiger partial charge in [0.25, 0.3) is 0 Å². The van der Waals surface area contributed by atoms with E-state index in [1.165, 1.54) is 38.6 Å². The van der Waals surface area contributed by atoms with E-state index in [2.05, 4.69) is 20.5 Å². The molecular formula is C21H34N4O2. The summed E-state index contributed by atoms with van der Waals surface area (Å²) in [4.78, 5) is 7.04. The number of ether oxygens (including phenoxy) is 2. The Morgan fingerprint density at radius 1 is 1.22 bits per heavy atom. The molecule has 0 bridgehead atoms. The zero-order chi connectivity index (χ0) is 18.9. The summed E-state index contributed by atoms with van der Waals surface area (Å²) in [7, 11) is 3.50.